The normalized spacial score (nSPS) is 21.5. The number of nitrogens with zero attached hydrogens (tertiary/aromatic N) is 1. The van der Waals surface area contributed by atoms with Crippen molar-refractivity contribution in [1.82, 2.24) is 4.90 Å². The summed E-state index contributed by atoms with van der Waals surface area (Å²) in [6, 6.07) is 11.2. The van der Waals surface area contributed by atoms with Crippen LogP contribution < -0.4 is 9.47 Å². The molecular weight excluding hydrogens is 389 g/mol. The lowest BCUT2D eigenvalue weighted by Crippen LogP contribution is -2.37. The fraction of sp³-hybridized carbons (Fsp3) is 0.435. The highest BCUT2D eigenvalue weighted by Crippen LogP contribution is 2.39. The topological polar surface area (TPSA) is 68.2 Å². The monoisotopic (exact) mass is 415 g/mol. The third-order valence-corrected chi connectivity index (χ3v) is 5.55. The summed E-state index contributed by atoms with van der Waals surface area (Å²) in [5.41, 5.74) is 1.47. The number of halogens is 1. The average molecular weight is 415 g/mol. The minimum absolute atomic E-state index is 0.0737. The van der Waals surface area contributed by atoms with Crippen LogP contribution in [0.25, 0.3) is 0 Å². The molecule has 0 saturated carbocycles. The van der Waals surface area contributed by atoms with E-state index in [4.69, 9.17) is 14.2 Å². The number of hydrogen-bond donors (Lipinski definition) is 1. The quantitative estimate of drug-likeness (QED) is 0.785. The van der Waals surface area contributed by atoms with Gasteiger partial charge in [-0.1, -0.05) is 30.3 Å². The zero-order valence-electron chi connectivity index (χ0n) is 17.1. The second kappa shape index (κ2) is 8.62. The lowest BCUT2D eigenvalue weighted by Gasteiger charge is -2.22. The summed E-state index contributed by atoms with van der Waals surface area (Å²) in [5, 5.41) is 9.33. The van der Waals surface area contributed by atoms with Crippen molar-refractivity contribution >= 4 is 5.91 Å². The zero-order chi connectivity index (χ0) is 21.3. The summed E-state index contributed by atoms with van der Waals surface area (Å²) in [4.78, 5) is 15.1. The van der Waals surface area contributed by atoms with Gasteiger partial charge in [-0.3, -0.25) is 4.79 Å². The van der Waals surface area contributed by atoms with Crippen LogP contribution in [-0.2, 0) is 11.3 Å². The van der Waals surface area contributed by atoms with Gasteiger partial charge in [-0.25, -0.2) is 4.39 Å². The first-order valence-electron chi connectivity index (χ1n) is 10.2. The highest BCUT2D eigenvalue weighted by molar-refractivity contribution is 6.00. The molecule has 0 unspecified atom stereocenters. The molecule has 1 N–H and O–H groups in total. The molecule has 0 aromatic heterocycles. The molecule has 2 aliphatic heterocycles. The lowest BCUT2D eigenvalue weighted by atomic mass is 10.1. The van der Waals surface area contributed by atoms with Crippen molar-refractivity contribution in [1.29, 1.82) is 0 Å². The van der Waals surface area contributed by atoms with E-state index in [0.717, 1.165) is 5.56 Å². The molecule has 7 heteroatoms. The maximum absolute atomic E-state index is 14.9. The number of amides is 1. The van der Waals surface area contributed by atoms with Crippen molar-refractivity contribution in [3.05, 3.63) is 58.9 Å². The van der Waals surface area contributed by atoms with Gasteiger partial charge in [0.05, 0.1) is 25.4 Å². The third kappa shape index (κ3) is 4.00. The van der Waals surface area contributed by atoms with E-state index < -0.39 is 11.9 Å². The van der Waals surface area contributed by atoms with Crippen LogP contribution in [0.4, 0.5) is 4.39 Å². The van der Waals surface area contributed by atoms with E-state index in [1.165, 1.54) is 6.07 Å². The molecule has 0 spiro atoms. The summed E-state index contributed by atoms with van der Waals surface area (Å²) in [5.74, 6) is -0.793. The molecule has 6 nitrogen and oxygen atoms in total. The molecule has 160 valence electrons. The number of rotatable bonds is 6. The summed E-state index contributed by atoms with van der Waals surface area (Å²) < 4.78 is 32.4. The van der Waals surface area contributed by atoms with E-state index in [1.807, 2.05) is 30.3 Å². The standard InChI is InChI=1S/C23H26FNO5/c1-14-8-19-20(22(21(14)24)30-15(2)11-26)23(27)25-10-18(9-17(25)13-29-19)28-12-16-6-4-3-5-7-16/h3-8,15,17-18,26H,9-13H2,1-2H3/t15-,17+,18-/m0/s1. The first-order chi connectivity index (χ1) is 14.5. The Labute approximate surface area is 175 Å². The molecule has 1 fully saturated rings. The molecule has 2 aromatic rings. The Kier molecular flexibility index (Phi) is 5.92. The lowest BCUT2D eigenvalue weighted by molar-refractivity contribution is 0.0434. The molecule has 2 aromatic carbocycles. The number of fused-ring (bicyclic) bond motifs is 2. The first-order valence-corrected chi connectivity index (χ1v) is 10.2. The van der Waals surface area contributed by atoms with Gasteiger partial charge >= 0.3 is 0 Å². The SMILES string of the molecule is Cc1cc2c(c(O[C@@H](C)CO)c1F)C(=O)N1C[C@@H](OCc3ccccc3)C[C@@H]1CO2. The molecule has 4 rings (SSSR count). The minimum Gasteiger partial charge on any atom is -0.490 e. The van der Waals surface area contributed by atoms with E-state index in [1.54, 1.807) is 18.7 Å². The number of carbonyl (C=O) groups excluding carboxylic acids is 1. The van der Waals surface area contributed by atoms with Crippen molar-refractivity contribution in [2.45, 2.75) is 45.1 Å². The fourth-order valence-electron chi connectivity index (χ4n) is 3.92. The van der Waals surface area contributed by atoms with Gasteiger partial charge in [-0.15, -0.1) is 0 Å². The molecular formula is C23H26FNO5. The Morgan fingerprint density at radius 2 is 2.10 bits per heavy atom. The van der Waals surface area contributed by atoms with Gasteiger partial charge in [0.25, 0.3) is 5.91 Å². The van der Waals surface area contributed by atoms with Crippen LogP contribution in [0.3, 0.4) is 0 Å². The van der Waals surface area contributed by atoms with Crippen molar-refractivity contribution in [2.75, 3.05) is 19.8 Å². The smallest absolute Gasteiger partial charge is 0.261 e. The van der Waals surface area contributed by atoms with Gasteiger partial charge < -0.3 is 24.2 Å². The van der Waals surface area contributed by atoms with Gasteiger partial charge in [0.1, 0.15) is 24.0 Å². The highest BCUT2D eigenvalue weighted by Gasteiger charge is 2.42. The van der Waals surface area contributed by atoms with Gasteiger partial charge in [0.15, 0.2) is 11.6 Å². The number of aryl methyl sites for hydroxylation is 1. The van der Waals surface area contributed by atoms with Crippen LogP contribution in [0.2, 0.25) is 0 Å². The highest BCUT2D eigenvalue weighted by atomic mass is 19.1. The number of hydrogen-bond acceptors (Lipinski definition) is 5. The number of ether oxygens (including phenoxy) is 3. The van der Waals surface area contributed by atoms with Crippen LogP contribution in [0, 0.1) is 12.7 Å². The summed E-state index contributed by atoms with van der Waals surface area (Å²) >= 11 is 0. The number of carbonyl (C=O) groups is 1. The Balaban J connectivity index is 1.56. The largest absolute Gasteiger partial charge is 0.490 e. The second-order valence-electron chi connectivity index (χ2n) is 7.90. The van der Waals surface area contributed by atoms with Crippen molar-refractivity contribution in [2.24, 2.45) is 0 Å². The first kappa shape index (κ1) is 20.6. The van der Waals surface area contributed by atoms with Crippen LogP contribution >= 0.6 is 0 Å². The van der Waals surface area contributed by atoms with E-state index in [0.29, 0.717) is 37.5 Å². The summed E-state index contributed by atoms with van der Waals surface area (Å²) in [7, 11) is 0. The van der Waals surface area contributed by atoms with Gasteiger partial charge in [-0.2, -0.15) is 0 Å². The minimum atomic E-state index is -0.655. The van der Waals surface area contributed by atoms with E-state index >= 15 is 0 Å². The van der Waals surface area contributed by atoms with Gasteiger partial charge in [0, 0.05) is 6.54 Å². The predicted molar refractivity (Wildman–Crippen MR) is 108 cm³/mol. The van der Waals surface area contributed by atoms with Crippen molar-refractivity contribution in [3.8, 4) is 11.5 Å². The van der Waals surface area contributed by atoms with Crippen LogP contribution in [0.1, 0.15) is 34.8 Å². The van der Waals surface area contributed by atoms with Crippen molar-refractivity contribution < 1.29 is 28.5 Å². The van der Waals surface area contributed by atoms with E-state index in [2.05, 4.69) is 0 Å². The zero-order valence-corrected chi connectivity index (χ0v) is 17.1. The maximum atomic E-state index is 14.9. The third-order valence-electron chi connectivity index (χ3n) is 5.55. The predicted octanol–water partition coefficient (Wildman–Crippen LogP) is 3.09. The molecule has 0 bridgehead atoms. The Morgan fingerprint density at radius 3 is 2.83 bits per heavy atom. The summed E-state index contributed by atoms with van der Waals surface area (Å²) in [6.07, 6.45) is -0.129. The molecule has 2 heterocycles. The van der Waals surface area contributed by atoms with Crippen LogP contribution in [0.15, 0.2) is 36.4 Å². The number of benzene rings is 2. The van der Waals surface area contributed by atoms with Crippen LogP contribution in [-0.4, -0.2) is 53.9 Å². The molecule has 0 aliphatic carbocycles. The molecule has 3 atom stereocenters. The Hall–Kier alpha value is -2.64. The van der Waals surface area contributed by atoms with Gasteiger partial charge in [0.2, 0.25) is 0 Å². The molecule has 2 aliphatic rings. The number of aliphatic hydroxyl groups is 1. The summed E-state index contributed by atoms with van der Waals surface area (Å²) in [6.45, 7) is 4.10. The molecule has 0 radical (unpaired) electrons. The van der Waals surface area contributed by atoms with E-state index in [-0.39, 0.29) is 36.0 Å². The Bertz CT molecular complexity index is 920. The van der Waals surface area contributed by atoms with Crippen LogP contribution in [0.5, 0.6) is 11.5 Å². The fourth-order valence-corrected chi connectivity index (χ4v) is 3.92. The number of aliphatic hydroxyl groups excluding tert-OH is 1. The molecule has 1 amide bonds. The van der Waals surface area contributed by atoms with E-state index in [9.17, 15) is 14.3 Å². The second-order valence-corrected chi connectivity index (χ2v) is 7.90. The average Bonchev–Trinajstić information content (AvgIpc) is 3.12. The molecule has 1 saturated heterocycles. The van der Waals surface area contributed by atoms with Gasteiger partial charge in [-0.05, 0) is 37.5 Å². The Morgan fingerprint density at radius 1 is 1.33 bits per heavy atom. The maximum Gasteiger partial charge on any atom is 0.261 e. The van der Waals surface area contributed by atoms with Crippen molar-refractivity contribution in [3.63, 3.8) is 0 Å². The molecule has 30 heavy (non-hydrogen) atoms.